The van der Waals surface area contributed by atoms with Gasteiger partial charge in [0.15, 0.2) is 11.5 Å². The summed E-state index contributed by atoms with van der Waals surface area (Å²) in [4.78, 5) is 12.6. The zero-order chi connectivity index (χ0) is 19.8. The fourth-order valence-electron chi connectivity index (χ4n) is 2.59. The first-order chi connectivity index (χ1) is 13.0. The highest BCUT2D eigenvalue weighted by Crippen LogP contribution is 2.31. The number of amides is 1. The van der Waals surface area contributed by atoms with Crippen LogP contribution in [0.25, 0.3) is 0 Å². The van der Waals surface area contributed by atoms with Gasteiger partial charge >= 0.3 is 0 Å². The van der Waals surface area contributed by atoms with Gasteiger partial charge in [-0.05, 0) is 43.2 Å². The molecule has 0 bridgehead atoms. The number of methoxy groups -OCH3 is 3. The highest BCUT2D eigenvalue weighted by Gasteiger charge is 2.16. The van der Waals surface area contributed by atoms with E-state index in [4.69, 9.17) is 18.9 Å². The summed E-state index contributed by atoms with van der Waals surface area (Å²) in [5.41, 5.74) is 1.38. The molecule has 0 aliphatic rings. The first-order valence-corrected chi connectivity index (χ1v) is 8.87. The summed E-state index contributed by atoms with van der Waals surface area (Å²) in [7, 11) is 4.70. The molecule has 0 aliphatic heterocycles. The van der Waals surface area contributed by atoms with Gasteiger partial charge in [-0.15, -0.1) is 0 Å². The van der Waals surface area contributed by atoms with Gasteiger partial charge in [0.1, 0.15) is 11.5 Å². The van der Waals surface area contributed by atoms with Crippen LogP contribution < -0.4 is 24.3 Å². The van der Waals surface area contributed by atoms with Crippen molar-refractivity contribution in [3.8, 4) is 23.0 Å². The molecule has 0 heterocycles. The predicted octanol–water partition coefficient (Wildman–Crippen LogP) is 3.99. The summed E-state index contributed by atoms with van der Waals surface area (Å²) >= 11 is 0. The fourth-order valence-corrected chi connectivity index (χ4v) is 2.59. The molecule has 1 amide bonds. The van der Waals surface area contributed by atoms with Crippen molar-refractivity contribution in [2.24, 2.45) is 0 Å². The van der Waals surface area contributed by atoms with Gasteiger partial charge in [-0.2, -0.15) is 0 Å². The molecule has 0 radical (unpaired) electrons. The highest BCUT2D eigenvalue weighted by atomic mass is 16.5. The largest absolute Gasteiger partial charge is 0.497 e. The smallest absolute Gasteiger partial charge is 0.252 e. The third-order valence-electron chi connectivity index (χ3n) is 4.11. The molecule has 0 fully saturated rings. The maximum Gasteiger partial charge on any atom is 0.252 e. The van der Waals surface area contributed by atoms with E-state index in [1.165, 1.54) is 0 Å². The molecule has 0 spiro atoms. The van der Waals surface area contributed by atoms with Crippen molar-refractivity contribution in [3.05, 3.63) is 47.5 Å². The molecule has 0 saturated carbocycles. The summed E-state index contributed by atoms with van der Waals surface area (Å²) in [6, 6.07) is 10.5. The number of carbonyl (C=O) groups excluding carboxylic acids is 1. The number of nitrogens with one attached hydrogen (secondary N) is 1. The average Bonchev–Trinajstić information content (AvgIpc) is 2.71. The third kappa shape index (κ3) is 5.29. The van der Waals surface area contributed by atoms with Crippen molar-refractivity contribution in [2.45, 2.75) is 26.3 Å². The lowest BCUT2D eigenvalue weighted by Crippen LogP contribution is -2.26. The SMILES string of the molecule is CCCOc1ccc(C(C)NC(=O)c2cc(OC)cc(OC)c2)cc1OC. The lowest BCUT2D eigenvalue weighted by molar-refractivity contribution is 0.0939. The number of hydrogen-bond donors (Lipinski definition) is 1. The quantitative estimate of drug-likeness (QED) is 0.720. The first kappa shape index (κ1) is 20.4. The van der Waals surface area contributed by atoms with E-state index in [1.54, 1.807) is 39.5 Å². The molecule has 1 N–H and O–H groups in total. The van der Waals surface area contributed by atoms with Gasteiger partial charge < -0.3 is 24.3 Å². The molecule has 0 saturated heterocycles. The first-order valence-electron chi connectivity index (χ1n) is 8.87. The van der Waals surface area contributed by atoms with E-state index in [-0.39, 0.29) is 11.9 Å². The number of benzene rings is 2. The van der Waals surface area contributed by atoms with Gasteiger partial charge in [0.05, 0.1) is 34.0 Å². The Balaban J connectivity index is 2.16. The van der Waals surface area contributed by atoms with Crippen LogP contribution in [0.5, 0.6) is 23.0 Å². The lowest BCUT2D eigenvalue weighted by Gasteiger charge is -2.17. The Morgan fingerprint density at radius 3 is 2.19 bits per heavy atom. The topological polar surface area (TPSA) is 66.0 Å². The van der Waals surface area contributed by atoms with Crippen LogP contribution in [0.3, 0.4) is 0 Å². The summed E-state index contributed by atoms with van der Waals surface area (Å²) in [6.45, 7) is 4.59. The molecule has 0 aliphatic carbocycles. The Kier molecular flexibility index (Phi) is 7.34. The van der Waals surface area contributed by atoms with E-state index in [1.807, 2.05) is 32.0 Å². The summed E-state index contributed by atoms with van der Waals surface area (Å²) in [5.74, 6) is 2.24. The molecule has 2 aromatic carbocycles. The summed E-state index contributed by atoms with van der Waals surface area (Å²) in [5, 5.41) is 2.98. The Morgan fingerprint density at radius 2 is 1.63 bits per heavy atom. The Hall–Kier alpha value is -2.89. The molecule has 146 valence electrons. The monoisotopic (exact) mass is 373 g/mol. The third-order valence-corrected chi connectivity index (χ3v) is 4.11. The Labute approximate surface area is 160 Å². The van der Waals surface area contributed by atoms with Gasteiger partial charge in [-0.25, -0.2) is 0 Å². The molecular weight excluding hydrogens is 346 g/mol. The zero-order valence-corrected chi connectivity index (χ0v) is 16.5. The van der Waals surface area contributed by atoms with E-state index in [2.05, 4.69) is 5.32 Å². The van der Waals surface area contributed by atoms with Crippen LogP contribution in [0.2, 0.25) is 0 Å². The average molecular weight is 373 g/mol. The van der Waals surface area contributed by atoms with Gasteiger partial charge in [0, 0.05) is 11.6 Å². The van der Waals surface area contributed by atoms with Gasteiger partial charge in [0.2, 0.25) is 0 Å². The van der Waals surface area contributed by atoms with Crippen LogP contribution in [0, 0.1) is 0 Å². The van der Waals surface area contributed by atoms with Crippen molar-refractivity contribution in [3.63, 3.8) is 0 Å². The molecule has 1 unspecified atom stereocenters. The summed E-state index contributed by atoms with van der Waals surface area (Å²) in [6.07, 6.45) is 0.918. The normalized spacial score (nSPS) is 11.4. The molecule has 2 aromatic rings. The number of hydrogen-bond acceptors (Lipinski definition) is 5. The predicted molar refractivity (Wildman–Crippen MR) is 104 cm³/mol. The van der Waals surface area contributed by atoms with Crippen molar-refractivity contribution < 1.29 is 23.7 Å². The number of ether oxygens (including phenoxy) is 4. The van der Waals surface area contributed by atoms with E-state index in [0.717, 1.165) is 12.0 Å². The van der Waals surface area contributed by atoms with Gasteiger partial charge in [-0.3, -0.25) is 4.79 Å². The van der Waals surface area contributed by atoms with E-state index in [0.29, 0.717) is 35.2 Å². The molecule has 27 heavy (non-hydrogen) atoms. The minimum absolute atomic E-state index is 0.218. The van der Waals surface area contributed by atoms with E-state index in [9.17, 15) is 4.79 Å². The van der Waals surface area contributed by atoms with Crippen LogP contribution in [0.4, 0.5) is 0 Å². The molecule has 6 nitrogen and oxygen atoms in total. The summed E-state index contributed by atoms with van der Waals surface area (Å²) < 4.78 is 21.5. The second-order valence-corrected chi connectivity index (χ2v) is 6.06. The molecule has 6 heteroatoms. The van der Waals surface area contributed by atoms with Crippen LogP contribution >= 0.6 is 0 Å². The second kappa shape index (κ2) is 9.71. The standard InChI is InChI=1S/C21H27NO5/c1-6-9-27-19-8-7-15(12-20(19)26-5)14(2)22-21(23)16-10-17(24-3)13-18(11-16)25-4/h7-8,10-14H,6,9H2,1-5H3,(H,22,23). The number of carbonyl (C=O) groups is 1. The minimum atomic E-state index is -0.219. The van der Waals surface area contributed by atoms with Crippen LogP contribution in [-0.2, 0) is 0 Å². The lowest BCUT2D eigenvalue weighted by atomic mass is 10.1. The van der Waals surface area contributed by atoms with Crippen molar-refractivity contribution in [2.75, 3.05) is 27.9 Å². The molecular formula is C21H27NO5. The maximum atomic E-state index is 12.6. The van der Waals surface area contributed by atoms with Crippen molar-refractivity contribution >= 4 is 5.91 Å². The van der Waals surface area contributed by atoms with Crippen molar-refractivity contribution in [1.82, 2.24) is 5.32 Å². The second-order valence-electron chi connectivity index (χ2n) is 6.06. The highest BCUT2D eigenvalue weighted by molar-refractivity contribution is 5.95. The number of rotatable bonds is 9. The Morgan fingerprint density at radius 1 is 0.963 bits per heavy atom. The van der Waals surface area contributed by atoms with Crippen LogP contribution in [-0.4, -0.2) is 33.8 Å². The van der Waals surface area contributed by atoms with Crippen LogP contribution in [0.15, 0.2) is 36.4 Å². The molecule has 2 rings (SSSR count). The maximum absolute atomic E-state index is 12.6. The fraction of sp³-hybridized carbons (Fsp3) is 0.381. The van der Waals surface area contributed by atoms with E-state index < -0.39 is 0 Å². The molecule has 1 atom stereocenters. The van der Waals surface area contributed by atoms with Crippen molar-refractivity contribution in [1.29, 1.82) is 0 Å². The van der Waals surface area contributed by atoms with Gasteiger partial charge in [-0.1, -0.05) is 13.0 Å². The van der Waals surface area contributed by atoms with Gasteiger partial charge in [0.25, 0.3) is 5.91 Å². The Bertz CT molecular complexity index is 753. The zero-order valence-electron chi connectivity index (χ0n) is 16.5. The molecule has 0 aromatic heterocycles. The van der Waals surface area contributed by atoms with E-state index >= 15 is 0 Å². The minimum Gasteiger partial charge on any atom is -0.497 e. The van der Waals surface area contributed by atoms with Crippen LogP contribution in [0.1, 0.15) is 42.2 Å².